The lowest BCUT2D eigenvalue weighted by Crippen LogP contribution is -1.94. The molecule has 2 aromatic carbocycles. The van der Waals surface area contributed by atoms with E-state index in [1.54, 1.807) is 11.3 Å². The number of thiazole rings is 1. The minimum Gasteiger partial charge on any atom is -0.494 e. The first kappa shape index (κ1) is 19.5. The Morgan fingerprint density at radius 1 is 1.07 bits per heavy atom. The summed E-state index contributed by atoms with van der Waals surface area (Å²) in [4.78, 5) is 4.60. The summed E-state index contributed by atoms with van der Waals surface area (Å²) in [5.74, 6) is 2.23. The molecule has 0 aliphatic carbocycles. The van der Waals surface area contributed by atoms with Gasteiger partial charge in [0.25, 0.3) is 5.22 Å². The molecule has 4 aromatic rings. The predicted molar refractivity (Wildman–Crippen MR) is 116 cm³/mol. The number of thioether (sulfide) groups is 1. The van der Waals surface area contributed by atoms with Crippen LogP contribution < -0.4 is 10.1 Å². The van der Waals surface area contributed by atoms with E-state index in [0.29, 0.717) is 24.1 Å². The monoisotopic (exact) mass is 424 g/mol. The fraction of sp³-hybridized carbons (Fsp3) is 0.190. The number of anilines is 2. The number of benzene rings is 2. The maximum atomic E-state index is 5.74. The molecule has 0 aliphatic rings. The zero-order valence-corrected chi connectivity index (χ0v) is 17.5. The Morgan fingerprint density at radius 2 is 1.90 bits per heavy atom. The molecular weight excluding hydrogens is 404 g/mol. The van der Waals surface area contributed by atoms with Gasteiger partial charge in [-0.3, -0.25) is 0 Å². The van der Waals surface area contributed by atoms with Gasteiger partial charge in [0.15, 0.2) is 5.13 Å². The molecule has 0 spiro atoms. The number of rotatable bonds is 9. The van der Waals surface area contributed by atoms with Gasteiger partial charge in [-0.1, -0.05) is 42.1 Å². The molecule has 6 nitrogen and oxygen atoms in total. The third-order valence-electron chi connectivity index (χ3n) is 3.95. The maximum absolute atomic E-state index is 5.74. The second kappa shape index (κ2) is 9.58. The summed E-state index contributed by atoms with van der Waals surface area (Å²) in [6.45, 7) is 2.63. The van der Waals surface area contributed by atoms with Gasteiger partial charge >= 0.3 is 0 Å². The summed E-state index contributed by atoms with van der Waals surface area (Å²) >= 11 is 3.08. The van der Waals surface area contributed by atoms with Crippen LogP contribution in [0.15, 0.2) is 69.6 Å². The van der Waals surface area contributed by atoms with Crippen molar-refractivity contribution >= 4 is 33.9 Å². The van der Waals surface area contributed by atoms with Crippen molar-refractivity contribution in [3.05, 3.63) is 77.1 Å². The fourth-order valence-corrected chi connectivity index (χ4v) is 4.08. The molecule has 1 N–H and O–H groups in total. The van der Waals surface area contributed by atoms with Crippen molar-refractivity contribution in [1.82, 2.24) is 15.2 Å². The van der Waals surface area contributed by atoms with E-state index in [0.717, 1.165) is 28.0 Å². The topological polar surface area (TPSA) is 73.1 Å². The fourth-order valence-electron chi connectivity index (χ4n) is 2.61. The number of nitrogens with one attached hydrogen (secondary N) is 1. The van der Waals surface area contributed by atoms with Gasteiger partial charge in [-0.15, -0.1) is 21.5 Å². The number of ether oxygens (including phenoxy) is 1. The quantitative estimate of drug-likeness (QED) is 0.353. The van der Waals surface area contributed by atoms with Gasteiger partial charge in [-0.2, -0.15) is 0 Å². The molecule has 0 amide bonds. The Kier molecular flexibility index (Phi) is 6.43. The van der Waals surface area contributed by atoms with Gasteiger partial charge in [-0.05, 0) is 36.8 Å². The normalized spacial score (nSPS) is 10.8. The third kappa shape index (κ3) is 5.58. The van der Waals surface area contributed by atoms with Crippen LogP contribution in [0.3, 0.4) is 0 Å². The molecule has 0 atom stereocenters. The lowest BCUT2D eigenvalue weighted by atomic mass is 10.2. The summed E-state index contributed by atoms with van der Waals surface area (Å²) in [7, 11) is 0. The van der Waals surface area contributed by atoms with Gasteiger partial charge in [0.05, 0.1) is 18.7 Å². The molecular formula is C21H20N4O2S2. The second-order valence-corrected chi connectivity index (χ2v) is 7.92. The van der Waals surface area contributed by atoms with E-state index >= 15 is 0 Å². The van der Waals surface area contributed by atoms with Crippen LogP contribution in [-0.4, -0.2) is 21.8 Å². The molecule has 148 valence electrons. The number of hydrogen-bond donors (Lipinski definition) is 1. The molecule has 0 bridgehead atoms. The van der Waals surface area contributed by atoms with Crippen LogP contribution in [0.5, 0.6) is 5.75 Å². The highest BCUT2D eigenvalue weighted by Crippen LogP contribution is 2.25. The Bertz CT molecular complexity index is 1030. The zero-order valence-electron chi connectivity index (χ0n) is 15.9. The molecule has 0 fully saturated rings. The van der Waals surface area contributed by atoms with Crippen molar-refractivity contribution in [3.63, 3.8) is 0 Å². The van der Waals surface area contributed by atoms with Crippen molar-refractivity contribution in [2.24, 2.45) is 0 Å². The first-order chi connectivity index (χ1) is 14.3. The Balaban J connectivity index is 1.31. The van der Waals surface area contributed by atoms with Gasteiger partial charge in [0, 0.05) is 16.8 Å². The lowest BCUT2D eigenvalue weighted by Gasteiger charge is -2.05. The van der Waals surface area contributed by atoms with Crippen molar-refractivity contribution in [3.8, 4) is 5.75 Å². The summed E-state index contributed by atoms with van der Waals surface area (Å²) in [6.07, 6.45) is 0.514. The van der Waals surface area contributed by atoms with Crippen molar-refractivity contribution in [2.75, 3.05) is 11.9 Å². The van der Waals surface area contributed by atoms with E-state index in [9.17, 15) is 0 Å². The first-order valence-electron chi connectivity index (χ1n) is 9.22. The largest absolute Gasteiger partial charge is 0.494 e. The number of nitrogens with zero attached hydrogens (tertiary/aromatic N) is 3. The highest BCUT2D eigenvalue weighted by atomic mass is 32.2. The lowest BCUT2D eigenvalue weighted by molar-refractivity contribution is 0.340. The SMILES string of the molecule is CCOc1ccc(Nc2nc(Cc3nnc(SCc4ccccc4)o3)cs2)cc1. The van der Waals surface area contributed by atoms with Gasteiger partial charge in [-0.25, -0.2) is 4.98 Å². The molecule has 0 saturated carbocycles. The van der Waals surface area contributed by atoms with E-state index in [2.05, 4.69) is 32.6 Å². The molecule has 0 radical (unpaired) electrons. The molecule has 2 aromatic heterocycles. The van der Waals surface area contributed by atoms with Crippen LogP contribution in [0.4, 0.5) is 10.8 Å². The molecule has 4 rings (SSSR count). The van der Waals surface area contributed by atoms with Gasteiger partial charge in [0.1, 0.15) is 5.75 Å². The number of hydrogen-bond acceptors (Lipinski definition) is 8. The molecule has 0 saturated heterocycles. The predicted octanol–water partition coefficient (Wildman–Crippen LogP) is 5.55. The van der Waals surface area contributed by atoms with E-state index in [-0.39, 0.29) is 0 Å². The minimum absolute atomic E-state index is 0.514. The summed E-state index contributed by atoms with van der Waals surface area (Å²) in [5.41, 5.74) is 3.08. The Hall–Kier alpha value is -2.84. The standard InChI is InChI=1S/C21H20N4O2S2/c1-2-26-18-10-8-16(9-11-18)22-20-23-17(14-28-20)12-19-24-25-21(27-19)29-13-15-6-4-3-5-7-15/h3-11,14H,2,12-13H2,1H3,(H,22,23). The molecule has 0 unspecified atom stereocenters. The van der Waals surface area contributed by atoms with Crippen LogP contribution in [0.1, 0.15) is 24.1 Å². The average Bonchev–Trinajstić information content (AvgIpc) is 3.38. The maximum Gasteiger partial charge on any atom is 0.276 e. The van der Waals surface area contributed by atoms with Gasteiger partial charge in [0.2, 0.25) is 5.89 Å². The Labute approximate surface area is 177 Å². The van der Waals surface area contributed by atoms with Crippen LogP contribution in [0.25, 0.3) is 0 Å². The van der Waals surface area contributed by atoms with E-state index < -0.39 is 0 Å². The van der Waals surface area contributed by atoms with Crippen LogP contribution >= 0.6 is 23.1 Å². The summed E-state index contributed by atoms with van der Waals surface area (Å²) in [5, 5.41) is 15.0. The van der Waals surface area contributed by atoms with Crippen LogP contribution in [0, 0.1) is 0 Å². The molecule has 29 heavy (non-hydrogen) atoms. The first-order valence-corrected chi connectivity index (χ1v) is 11.1. The third-order valence-corrected chi connectivity index (χ3v) is 5.65. The van der Waals surface area contributed by atoms with Crippen LogP contribution in [-0.2, 0) is 12.2 Å². The van der Waals surface area contributed by atoms with Crippen molar-refractivity contribution < 1.29 is 9.15 Å². The second-order valence-electron chi connectivity index (χ2n) is 6.14. The van der Waals surface area contributed by atoms with Crippen molar-refractivity contribution in [1.29, 1.82) is 0 Å². The van der Waals surface area contributed by atoms with E-state index in [1.807, 2.05) is 54.8 Å². The smallest absolute Gasteiger partial charge is 0.276 e. The van der Waals surface area contributed by atoms with Crippen molar-refractivity contribution in [2.45, 2.75) is 24.3 Å². The summed E-state index contributed by atoms with van der Waals surface area (Å²) in [6, 6.07) is 18.0. The molecule has 8 heteroatoms. The average molecular weight is 425 g/mol. The van der Waals surface area contributed by atoms with E-state index in [1.165, 1.54) is 17.3 Å². The zero-order chi connectivity index (χ0) is 19.9. The minimum atomic E-state index is 0.514. The Morgan fingerprint density at radius 3 is 2.69 bits per heavy atom. The highest BCUT2D eigenvalue weighted by molar-refractivity contribution is 7.98. The van der Waals surface area contributed by atoms with Gasteiger partial charge < -0.3 is 14.5 Å². The highest BCUT2D eigenvalue weighted by Gasteiger charge is 2.11. The summed E-state index contributed by atoms with van der Waals surface area (Å²) < 4.78 is 11.2. The number of aromatic nitrogens is 3. The van der Waals surface area contributed by atoms with E-state index in [4.69, 9.17) is 9.15 Å². The molecule has 2 heterocycles. The molecule has 0 aliphatic heterocycles. The van der Waals surface area contributed by atoms with Crippen LogP contribution in [0.2, 0.25) is 0 Å².